The van der Waals surface area contributed by atoms with Crippen LogP contribution < -0.4 is 5.32 Å². The van der Waals surface area contributed by atoms with Crippen LogP contribution in [0.25, 0.3) is 5.57 Å². The van der Waals surface area contributed by atoms with Crippen molar-refractivity contribution in [3.8, 4) is 0 Å². The summed E-state index contributed by atoms with van der Waals surface area (Å²) in [5, 5.41) is 2.29. The second kappa shape index (κ2) is 7.35. The van der Waals surface area contributed by atoms with Crippen molar-refractivity contribution >= 4 is 29.2 Å². The first-order valence-electron chi connectivity index (χ1n) is 11.4. The zero-order valence-electron chi connectivity index (χ0n) is 18.3. The average molecular weight is 459 g/mol. The van der Waals surface area contributed by atoms with Crippen molar-refractivity contribution in [2.24, 2.45) is 5.41 Å². The van der Waals surface area contributed by atoms with Crippen LogP contribution in [0.5, 0.6) is 0 Å². The lowest BCUT2D eigenvalue weighted by Crippen LogP contribution is -2.60. The largest absolute Gasteiger partial charge is 0.337 e. The Morgan fingerprint density at radius 2 is 1.88 bits per heavy atom. The number of nitrogens with one attached hydrogen (secondary N) is 1. The summed E-state index contributed by atoms with van der Waals surface area (Å²) in [5.41, 5.74) is 3.68. The van der Waals surface area contributed by atoms with Crippen LogP contribution in [0.1, 0.15) is 51.1 Å². The molecule has 4 aliphatic rings. The fourth-order valence-corrected chi connectivity index (χ4v) is 5.54. The average Bonchev–Trinajstić information content (AvgIpc) is 3.07. The molecular weight excluding hydrogens is 437 g/mol. The Bertz CT molecular complexity index is 1310. The first kappa shape index (κ1) is 20.8. The molecule has 6 rings (SSSR count). The molecule has 0 aromatic heterocycles. The molecule has 1 aliphatic carbocycles. The van der Waals surface area contributed by atoms with Crippen LogP contribution >= 0.6 is 0 Å². The van der Waals surface area contributed by atoms with Crippen LogP contribution in [0.2, 0.25) is 0 Å². The molecule has 7 nitrogen and oxygen atoms in total. The molecular formula is C26H22FN3O4. The number of likely N-dealkylation sites (tertiary alicyclic amines) is 1. The molecule has 1 atom stereocenters. The van der Waals surface area contributed by atoms with Crippen molar-refractivity contribution < 1.29 is 23.6 Å². The summed E-state index contributed by atoms with van der Waals surface area (Å²) in [6.45, 7) is 1.47. The maximum absolute atomic E-state index is 13.5. The van der Waals surface area contributed by atoms with Crippen molar-refractivity contribution in [3.63, 3.8) is 0 Å². The van der Waals surface area contributed by atoms with E-state index in [0.29, 0.717) is 36.2 Å². The van der Waals surface area contributed by atoms with E-state index >= 15 is 0 Å². The Morgan fingerprint density at radius 1 is 1.09 bits per heavy atom. The quantitative estimate of drug-likeness (QED) is 0.715. The summed E-state index contributed by atoms with van der Waals surface area (Å²) in [5.74, 6) is -1.37. The number of benzene rings is 2. The van der Waals surface area contributed by atoms with E-state index in [0.717, 1.165) is 17.6 Å². The van der Waals surface area contributed by atoms with Gasteiger partial charge in [0.05, 0.1) is 0 Å². The number of allylic oxidation sites excluding steroid dienone is 1. The zero-order chi connectivity index (χ0) is 23.6. The highest BCUT2D eigenvalue weighted by Gasteiger charge is 2.49. The van der Waals surface area contributed by atoms with E-state index in [1.807, 2.05) is 6.07 Å². The van der Waals surface area contributed by atoms with Gasteiger partial charge in [-0.15, -0.1) is 0 Å². The molecule has 0 bridgehead atoms. The molecule has 0 saturated carbocycles. The molecule has 1 spiro atoms. The Labute approximate surface area is 195 Å². The minimum atomic E-state index is -0.676. The minimum absolute atomic E-state index is 0.0351. The smallest absolute Gasteiger partial charge is 0.255 e. The Balaban J connectivity index is 1.13. The van der Waals surface area contributed by atoms with Gasteiger partial charge in [-0.1, -0.05) is 18.2 Å². The third kappa shape index (κ3) is 3.24. The highest BCUT2D eigenvalue weighted by atomic mass is 19.1. The van der Waals surface area contributed by atoms with Crippen LogP contribution in [-0.2, 0) is 16.1 Å². The SMILES string of the molecule is O=C1CCC(N2Cc3cc(C(=O)N4CC5(C=C(c6cccc(F)c6)C5)C4)ccc3C2=O)C(=O)N1. The number of carbonyl (C=O) groups is 4. The van der Waals surface area contributed by atoms with E-state index < -0.39 is 11.9 Å². The number of hydrogen-bond acceptors (Lipinski definition) is 4. The number of carbonyl (C=O) groups excluding carboxylic acids is 4. The van der Waals surface area contributed by atoms with Crippen LogP contribution in [0.3, 0.4) is 0 Å². The fourth-order valence-electron chi connectivity index (χ4n) is 5.54. The van der Waals surface area contributed by atoms with E-state index in [-0.39, 0.29) is 41.9 Å². The molecule has 34 heavy (non-hydrogen) atoms. The number of amides is 4. The third-order valence-corrected chi connectivity index (χ3v) is 7.29. The molecule has 2 fully saturated rings. The monoisotopic (exact) mass is 459 g/mol. The van der Waals surface area contributed by atoms with Gasteiger partial charge in [-0.25, -0.2) is 4.39 Å². The van der Waals surface area contributed by atoms with Crippen LogP contribution in [0, 0.1) is 11.2 Å². The molecule has 8 heteroatoms. The molecule has 2 aromatic rings. The summed E-state index contributed by atoms with van der Waals surface area (Å²) < 4.78 is 13.5. The molecule has 0 radical (unpaired) electrons. The number of imide groups is 1. The first-order chi connectivity index (χ1) is 16.3. The molecule has 2 aromatic carbocycles. The van der Waals surface area contributed by atoms with E-state index in [2.05, 4.69) is 11.4 Å². The maximum atomic E-state index is 13.5. The molecule has 172 valence electrons. The van der Waals surface area contributed by atoms with E-state index in [1.54, 1.807) is 29.2 Å². The molecule has 2 saturated heterocycles. The van der Waals surface area contributed by atoms with Crippen molar-refractivity contribution in [1.29, 1.82) is 0 Å². The number of rotatable bonds is 3. The van der Waals surface area contributed by atoms with E-state index in [4.69, 9.17) is 0 Å². The molecule has 3 heterocycles. The van der Waals surface area contributed by atoms with Gasteiger partial charge in [0, 0.05) is 42.6 Å². The summed E-state index contributed by atoms with van der Waals surface area (Å²) in [7, 11) is 0. The predicted molar refractivity (Wildman–Crippen MR) is 120 cm³/mol. The summed E-state index contributed by atoms with van der Waals surface area (Å²) in [6.07, 6.45) is 3.47. The number of hydrogen-bond donors (Lipinski definition) is 1. The minimum Gasteiger partial charge on any atom is -0.337 e. The van der Waals surface area contributed by atoms with Crippen LogP contribution in [0.4, 0.5) is 4.39 Å². The van der Waals surface area contributed by atoms with Crippen molar-refractivity contribution in [2.75, 3.05) is 13.1 Å². The van der Waals surface area contributed by atoms with Gasteiger partial charge in [-0.05, 0) is 59.9 Å². The van der Waals surface area contributed by atoms with Gasteiger partial charge in [0.25, 0.3) is 11.8 Å². The van der Waals surface area contributed by atoms with Crippen LogP contribution in [0.15, 0.2) is 48.5 Å². The molecule has 4 amide bonds. The molecule has 1 N–H and O–H groups in total. The van der Waals surface area contributed by atoms with Gasteiger partial charge in [0.15, 0.2) is 0 Å². The normalized spacial score (nSPS) is 22.7. The lowest BCUT2D eigenvalue weighted by Gasteiger charge is -2.54. The Morgan fingerprint density at radius 3 is 2.62 bits per heavy atom. The second-order valence-electron chi connectivity index (χ2n) is 9.65. The van der Waals surface area contributed by atoms with Gasteiger partial charge in [-0.3, -0.25) is 24.5 Å². The number of piperidine rings is 1. The maximum Gasteiger partial charge on any atom is 0.255 e. The highest BCUT2D eigenvalue weighted by Crippen LogP contribution is 2.50. The van der Waals surface area contributed by atoms with Crippen molar-refractivity contribution in [3.05, 3.63) is 76.6 Å². The topological polar surface area (TPSA) is 86.8 Å². The second-order valence-corrected chi connectivity index (χ2v) is 9.65. The van der Waals surface area contributed by atoms with E-state index in [1.165, 1.54) is 17.0 Å². The summed E-state index contributed by atoms with van der Waals surface area (Å²) in [6, 6.07) is 10.9. The van der Waals surface area contributed by atoms with E-state index in [9.17, 15) is 23.6 Å². The summed E-state index contributed by atoms with van der Waals surface area (Å²) in [4.78, 5) is 52.8. The Hall–Kier alpha value is -3.81. The third-order valence-electron chi connectivity index (χ3n) is 7.29. The number of halogens is 1. The van der Waals surface area contributed by atoms with Crippen LogP contribution in [-0.4, -0.2) is 52.6 Å². The number of nitrogens with zero attached hydrogens (tertiary/aromatic N) is 2. The lowest BCUT2D eigenvalue weighted by atomic mass is 9.64. The molecule has 1 unspecified atom stereocenters. The lowest BCUT2D eigenvalue weighted by molar-refractivity contribution is -0.136. The van der Waals surface area contributed by atoms with Crippen molar-refractivity contribution in [1.82, 2.24) is 15.1 Å². The van der Waals surface area contributed by atoms with Gasteiger partial charge in [0.2, 0.25) is 11.8 Å². The first-order valence-corrected chi connectivity index (χ1v) is 11.4. The highest BCUT2D eigenvalue weighted by molar-refractivity contribution is 6.06. The zero-order valence-corrected chi connectivity index (χ0v) is 18.3. The Kier molecular flexibility index (Phi) is 4.49. The van der Waals surface area contributed by atoms with Gasteiger partial charge >= 0.3 is 0 Å². The standard InChI is InChI=1S/C26H22FN3O4/c27-19-3-1-2-15(9-19)18-10-26(11-18)13-29(14-26)24(33)16-4-5-20-17(8-16)12-30(25(20)34)21-6-7-22(31)28-23(21)32/h1-5,8-10,21H,6-7,11-14H2,(H,28,31,32). The summed E-state index contributed by atoms with van der Waals surface area (Å²) >= 11 is 0. The predicted octanol–water partition coefficient (Wildman–Crippen LogP) is 2.52. The molecule has 3 aliphatic heterocycles. The van der Waals surface area contributed by atoms with Gasteiger partial charge in [-0.2, -0.15) is 0 Å². The van der Waals surface area contributed by atoms with Crippen molar-refractivity contribution in [2.45, 2.75) is 31.8 Å². The number of fused-ring (bicyclic) bond motifs is 1. The van der Waals surface area contributed by atoms with Gasteiger partial charge in [0.1, 0.15) is 11.9 Å². The fraction of sp³-hybridized carbons (Fsp3) is 0.308. The van der Waals surface area contributed by atoms with Gasteiger partial charge < -0.3 is 9.80 Å².